The van der Waals surface area contributed by atoms with Crippen LogP contribution in [0.15, 0.2) is 30.3 Å². The zero-order valence-corrected chi connectivity index (χ0v) is 16.6. The summed E-state index contributed by atoms with van der Waals surface area (Å²) in [6.07, 6.45) is 1.03. The average molecular weight is 377 g/mol. The van der Waals surface area contributed by atoms with Gasteiger partial charge < -0.3 is 14.8 Å². The maximum Gasteiger partial charge on any atom is 0.161 e. The number of methoxy groups -OCH3 is 2. The molecule has 6 nitrogen and oxygen atoms in total. The van der Waals surface area contributed by atoms with E-state index < -0.39 is 0 Å². The molecule has 0 saturated heterocycles. The van der Waals surface area contributed by atoms with E-state index in [0.29, 0.717) is 17.5 Å². The Balaban J connectivity index is 0.00000243. The van der Waals surface area contributed by atoms with Gasteiger partial charge in [0, 0.05) is 29.4 Å². The van der Waals surface area contributed by atoms with Crippen molar-refractivity contribution < 1.29 is 9.47 Å². The Labute approximate surface area is 159 Å². The molecule has 26 heavy (non-hydrogen) atoms. The summed E-state index contributed by atoms with van der Waals surface area (Å²) < 4.78 is 12.6. The largest absolute Gasteiger partial charge is 0.493 e. The quantitative estimate of drug-likeness (QED) is 0.692. The molecule has 3 aromatic rings. The number of benzene rings is 1. The molecule has 140 valence electrons. The lowest BCUT2D eigenvalue weighted by Crippen LogP contribution is -2.16. The molecule has 0 aliphatic rings. The van der Waals surface area contributed by atoms with E-state index >= 15 is 0 Å². The molecule has 0 amide bonds. The van der Waals surface area contributed by atoms with Gasteiger partial charge in [0.25, 0.3) is 0 Å². The van der Waals surface area contributed by atoms with Crippen molar-refractivity contribution in [3.8, 4) is 22.8 Å². The fourth-order valence-electron chi connectivity index (χ4n) is 2.69. The fraction of sp³-hybridized carbons (Fsp3) is 0.368. The first-order valence-electron chi connectivity index (χ1n) is 8.42. The number of nitrogens with one attached hydrogen (secondary N) is 1. The van der Waals surface area contributed by atoms with Crippen LogP contribution in [0.2, 0.25) is 0 Å². The van der Waals surface area contributed by atoms with Crippen LogP contribution >= 0.6 is 12.4 Å². The third kappa shape index (κ3) is 3.85. The maximum absolute atomic E-state index is 5.39. The lowest BCUT2D eigenvalue weighted by atomic mass is 10.1. The van der Waals surface area contributed by atoms with Crippen LogP contribution in [0.25, 0.3) is 16.9 Å². The zero-order chi connectivity index (χ0) is 18.0. The minimum absolute atomic E-state index is 0. The molecular weight excluding hydrogens is 352 g/mol. The number of halogens is 1. The van der Waals surface area contributed by atoms with E-state index in [2.05, 4.69) is 24.1 Å². The van der Waals surface area contributed by atoms with Crippen molar-refractivity contribution in [1.82, 2.24) is 14.6 Å². The number of ether oxygens (including phenoxy) is 2. The van der Waals surface area contributed by atoms with Crippen LogP contribution < -0.4 is 14.8 Å². The highest BCUT2D eigenvalue weighted by atomic mass is 35.5. The van der Waals surface area contributed by atoms with E-state index in [1.54, 1.807) is 14.2 Å². The van der Waals surface area contributed by atoms with Crippen LogP contribution in [-0.2, 0) is 0 Å². The van der Waals surface area contributed by atoms with Gasteiger partial charge in [-0.05, 0) is 38.5 Å². The van der Waals surface area contributed by atoms with Crippen molar-refractivity contribution in [2.45, 2.75) is 33.2 Å². The van der Waals surface area contributed by atoms with Crippen molar-refractivity contribution in [3.63, 3.8) is 0 Å². The van der Waals surface area contributed by atoms with Gasteiger partial charge in [0.2, 0.25) is 0 Å². The number of hydrogen-bond acceptors (Lipinski definition) is 5. The molecular formula is C19H25ClN4O2. The molecule has 3 rings (SSSR count). The summed E-state index contributed by atoms with van der Waals surface area (Å²) in [5, 5.41) is 8.23. The molecule has 1 atom stereocenters. The van der Waals surface area contributed by atoms with E-state index in [1.807, 2.05) is 41.8 Å². The van der Waals surface area contributed by atoms with Crippen LogP contribution in [0.1, 0.15) is 26.0 Å². The second-order valence-electron chi connectivity index (χ2n) is 6.11. The van der Waals surface area contributed by atoms with E-state index in [1.165, 1.54) is 0 Å². The Hall–Kier alpha value is -2.47. The normalized spacial score (nSPS) is 11.7. The van der Waals surface area contributed by atoms with Gasteiger partial charge in [-0.15, -0.1) is 12.4 Å². The van der Waals surface area contributed by atoms with Crippen LogP contribution in [0.3, 0.4) is 0 Å². The van der Waals surface area contributed by atoms with Crippen LogP contribution in [-0.4, -0.2) is 34.9 Å². The SMILES string of the molecule is CCC(C)Nc1cc(C)nc2cc(-c3ccc(OC)c(OC)c3)nn12.Cl. The number of hydrogen-bond donors (Lipinski definition) is 1. The summed E-state index contributed by atoms with van der Waals surface area (Å²) >= 11 is 0. The smallest absolute Gasteiger partial charge is 0.161 e. The van der Waals surface area contributed by atoms with E-state index in [4.69, 9.17) is 14.6 Å². The first kappa shape index (κ1) is 19.8. The van der Waals surface area contributed by atoms with Crippen LogP contribution in [0, 0.1) is 6.92 Å². The van der Waals surface area contributed by atoms with Gasteiger partial charge >= 0.3 is 0 Å². The van der Waals surface area contributed by atoms with Crippen molar-refractivity contribution in [1.29, 1.82) is 0 Å². The summed E-state index contributed by atoms with van der Waals surface area (Å²) in [4.78, 5) is 4.60. The Kier molecular flexibility index (Phi) is 6.32. The highest BCUT2D eigenvalue weighted by Gasteiger charge is 2.13. The number of anilines is 1. The average Bonchev–Trinajstić information content (AvgIpc) is 3.04. The van der Waals surface area contributed by atoms with Crippen molar-refractivity contribution in [2.75, 3.05) is 19.5 Å². The van der Waals surface area contributed by atoms with Gasteiger partial charge in [0.15, 0.2) is 17.1 Å². The molecule has 0 saturated carbocycles. The zero-order valence-electron chi connectivity index (χ0n) is 15.7. The summed E-state index contributed by atoms with van der Waals surface area (Å²) in [5.74, 6) is 2.32. The molecule has 0 aliphatic heterocycles. The lowest BCUT2D eigenvalue weighted by molar-refractivity contribution is 0.355. The number of aromatic nitrogens is 3. The molecule has 0 radical (unpaired) electrons. The number of nitrogens with zero attached hydrogens (tertiary/aromatic N) is 3. The van der Waals surface area contributed by atoms with E-state index in [9.17, 15) is 0 Å². The summed E-state index contributed by atoms with van der Waals surface area (Å²) in [6.45, 7) is 6.30. The molecule has 2 aromatic heterocycles. The maximum atomic E-state index is 5.39. The van der Waals surface area contributed by atoms with Gasteiger partial charge in [-0.3, -0.25) is 0 Å². The molecule has 7 heteroatoms. The van der Waals surface area contributed by atoms with Gasteiger partial charge in [0.1, 0.15) is 5.82 Å². The number of aryl methyl sites for hydroxylation is 1. The predicted octanol–water partition coefficient (Wildman–Crippen LogP) is 4.35. The molecule has 2 heterocycles. The van der Waals surface area contributed by atoms with Crippen molar-refractivity contribution in [2.24, 2.45) is 0 Å². The topological polar surface area (TPSA) is 60.7 Å². The Morgan fingerprint density at radius 1 is 1.12 bits per heavy atom. The third-order valence-electron chi connectivity index (χ3n) is 4.24. The van der Waals surface area contributed by atoms with Gasteiger partial charge in [-0.25, -0.2) is 4.98 Å². The summed E-state index contributed by atoms with van der Waals surface area (Å²) in [6, 6.07) is 10.1. The Morgan fingerprint density at radius 3 is 2.50 bits per heavy atom. The first-order valence-corrected chi connectivity index (χ1v) is 8.42. The van der Waals surface area contributed by atoms with Gasteiger partial charge in [-0.1, -0.05) is 6.92 Å². The summed E-state index contributed by atoms with van der Waals surface area (Å²) in [7, 11) is 3.26. The minimum atomic E-state index is 0. The monoisotopic (exact) mass is 376 g/mol. The van der Waals surface area contributed by atoms with E-state index in [0.717, 1.165) is 34.8 Å². The third-order valence-corrected chi connectivity index (χ3v) is 4.24. The molecule has 0 aliphatic carbocycles. The number of rotatable bonds is 6. The second-order valence-corrected chi connectivity index (χ2v) is 6.11. The van der Waals surface area contributed by atoms with Crippen LogP contribution in [0.4, 0.5) is 5.82 Å². The molecule has 1 N–H and O–H groups in total. The molecule has 0 bridgehead atoms. The Morgan fingerprint density at radius 2 is 1.85 bits per heavy atom. The number of fused-ring (bicyclic) bond motifs is 1. The Bertz CT molecular complexity index is 895. The predicted molar refractivity (Wildman–Crippen MR) is 107 cm³/mol. The lowest BCUT2D eigenvalue weighted by Gasteiger charge is -2.14. The van der Waals surface area contributed by atoms with Gasteiger partial charge in [0.05, 0.1) is 19.9 Å². The fourth-order valence-corrected chi connectivity index (χ4v) is 2.69. The molecule has 0 fully saturated rings. The van der Waals surface area contributed by atoms with Crippen LogP contribution in [0.5, 0.6) is 11.5 Å². The molecule has 1 unspecified atom stereocenters. The van der Waals surface area contributed by atoms with Gasteiger partial charge in [-0.2, -0.15) is 9.61 Å². The van der Waals surface area contributed by atoms with Crippen molar-refractivity contribution >= 4 is 23.9 Å². The molecule has 1 aromatic carbocycles. The summed E-state index contributed by atoms with van der Waals surface area (Å²) in [5.41, 5.74) is 3.56. The standard InChI is InChI=1S/C19H24N4O2.ClH/c1-6-12(2)20-18-9-13(3)21-19-11-15(22-23(18)19)14-7-8-16(24-4)17(10-14)25-5;/h7-12,20H,6H2,1-5H3;1H. The van der Waals surface area contributed by atoms with Crippen molar-refractivity contribution in [3.05, 3.63) is 36.0 Å². The highest BCUT2D eigenvalue weighted by molar-refractivity contribution is 5.85. The first-order chi connectivity index (χ1) is 12.0. The van der Waals surface area contributed by atoms with E-state index in [-0.39, 0.29) is 12.4 Å². The minimum Gasteiger partial charge on any atom is -0.493 e. The highest BCUT2D eigenvalue weighted by Crippen LogP contribution is 2.32. The molecule has 0 spiro atoms. The second kappa shape index (κ2) is 8.27.